The molecule has 0 saturated carbocycles. The van der Waals surface area contributed by atoms with Crippen LogP contribution in [0.2, 0.25) is 0 Å². The summed E-state index contributed by atoms with van der Waals surface area (Å²) in [4.78, 5) is 65.7. The van der Waals surface area contributed by atoms with Crippen molar-refractivity contribution in [2.24, 2.45) is 11.8 Å². The molecule has 0 aromatic rings. The van der Waals surface area contributed by atoms with Crippen molar-refractivity contribution >= 4 is 29.4 Å². The van der Waals surface area contributed by atoms with Crippen LogP contribution in [0.4, 0.5) is 0 Å². The lowest BCUT2D eigenvalue weighted by molar-refractivity contribution is -0.132. The number of ketones is 1. The summed E-state index contributed by atoms with van der Waals surface area (Å²) in [6.07, 6.45) is 13.2. The standard InChI is InChI=1S/C34H61N5O6/c1-25(2)20-27(32(43)34(5)24-45-34)37-31(42)23-36-33(44)28(21-26(3)4)38-30(41)22-35-29(40)16-12-9-7-6-8-10-13-17-39-18-14-11-15-19-39/h25-28H,6-24H2,1-5H3,(H,35,40)(H,36,44)(H,37,42)(H,38,41)/t27-,28-,34+/m0/s1. The SMILES string of the molecule is CC(C)C[C@H](NC(=O)CNC(=O)CCCCCCCCCN1CCCCC1)C(=O)NCC(=O)N[C@@H](CC(C)C)C(=O)[C@@]1(C)CO1. The molecule has 0 spiro atoms. The number of hydrogen-bond acceptors (Lipinski definition) is 7. The van der Waals surface area contributed by atoms with E-state index in [1.165, 1.54) is 64.6 Å². The molecule has 2 fully saturated rings. The van der Waals surface area contributed by atoms with Crippen molar-refractivity contribution in [3.8, 4) is 0 Å². The van der Waals surface area contributed by atoms with E-state index in [1.54, 1.807) is 6.92 Å². The van der Waals surface area contributed by atoms with Crippen molar-refractivity contribution < 1.29 is 28.7 Å². The van der Waals surface area contributed by atoms with Crippen LogP contribution in [0.1, 0.15) is 118 Å². The Kier molecular flexibility index (Phi) is 17.7. The van der Waals surface area contributed by atoms with Gasteiger partial charge in [-0.2, -0.15) is 0 Å². The summed E-state index contributed by atoms with van der Waals surface area (Å²) in [6.45, 7) is 13.1. The van der Waals surface area contributed by atoms with Gasteiger partial charge in [-0.15, -0.1) is 0 Å². The monoisotopic (exact) mass is 635 g/mol. The second-order valence-electron chi connectivity index (χ2n) is 14.0. The molecular formula is C34H61N5O6. The maximum Gasteiger partial charge on any atom is 0.243 e. The molecule has 258 valence electrons. The first kappa shape index (κ1) is 38.7. The van der Waals surface area contributed by atoms with Crippen molar-refractivity contribution in [3.63, 3.8) is 0 Å². The molecule has 11 nitrogen and oxygen atoms in total. The van der Waals surface area contributed by atoms with Crippen LogP contribution in [-0.2, 0) is 28.7 Å². The van der Waals surface area contributed by atoms with Crippen LogP contribution in [0.25, 0.3) is 0 Å². The number of Topliss-reactive ketones (excluding diaryl/α,β-unsaturated/α-hetero) is 1. The zero-order chi connectivity index (χ0) is 33.2. The first-order valence-corrected chi connectivity index (χ1v) is 17.4. The minimum atomic E-state index is -0.857. The molecule has 4 N–H and O–H groups in total. The number of carbonyl (C=O) groups excluding carboxylic acids is 5. The number of piperidine rings is 1. The number of carbonyl (C=O) groups is 5. The fourth-order valence-corrected chi connectivity index (χ4v) is 5.76. The Morgan fingerprint density at radius 2 is 1.20 bits per heavy atom. The average molecular weight is 636 g/mol. The van der Waals surface area contributed by atoms with Crippen molar-refractivity contribution in [1.29, 1.82) is 0 Å². The van der Waals surface area contributed by atoms with Gasteiger partial charge in [-0.25, -0.2) is 0 Å². The largest absolute Gasteiger partial charge is 0.361 e. The van der Waals surface area contributed by atoms with Gasteiger partial charge in [0, 0.05) is 6.42 Å². The molecule has 2 aliphatic heterocycles. The van der Waals surface area contributed by atoms with Gasteiger partial charge in [0.1, 0.15) is 11.6 Å². The Hall–Kier alpha value is -2.53. The zero-order valence-corrected chi connectivity index (χ0v) is 28.6. The van der Waals surface area contributed by atoms with Crippen LogP contribution in [0.15, 0.2) is 0 Å². The summed E-state index contributed by atoms with van der Waals surface area (Å²) in [6, 6.07) is -1.55. The Bertz CT molecular complexity index is 945. The molecule has 2 aliphatic rings. The van der Waals surface area contributed by atoms with E-state index >= 15 is 0 Å². The fourth-order valence-electron chi connectivity index (χ4n) is 5.76. The van der Waals surface area contributed by atoms with Crippen LogP contribution >= 0.6 is 0 Å². The molecule has 2 rings (SSSR count). The first-order valence-electron chi connectivity index (χ1n) is 17.4. The minimum Gasteiger partial charge on any atom is -0.361 e. The van der Waals surface area contributed by atoms with Crippen LogP contribution in [0.3, 0.4) is 0 Å². The number of hydrogen-bond donors (Lipinski definition) is 4. The molecule has 0 aromatic carbocycles. The number of rotatable bonds is 23. The van der Waals surface area contributed by atoms with Crippen molar-refractivity contribution in [2.45, 2.75) is 136 Å². The Balaban J connectivity index is 1.62. The Labute approximate surface area is 271 Å². The van der Waals surface area contributed by atoms with Gasteiger partial charge in [0.05, 0.1) is 25.7 Å². The second kappa shape index (κ2) is 20.6. The highest BCUT2D eigenvalue weighted by atomic mass is 16.6. The predicted octanol–water partition coefficient (Wildman–Crippen LogP) is 3.25. The molecule has 0 bridgehead atoms. The lowest BCUT2D eigenvalue weighted by Crippen LogP contribution is -2.53. The first-order chi connectivity index (χ1) is 21.4. The van der Waals surface area contributed by atoms with Crippen LogP contribution in [0.5, 0.6) is 0 Å². The topological polar surface area (TPSA) is 149 Å². The number of likely N-dealkylation sites (tertiary alicyclic amines) is 1. The van der Waals surface area contributed by atoms with Crippen molar-refractivity contribution in [3.05, 3.63) is 0 Å². The molecule has 0 unspecified atom stereocenters. The molecule has 4 amide bonds. The highest BCUT2D eigenvalue weighted by molar-refractivity contribution is 5.97. The molecule has 0 aromatic heterocycles. The van der Waals surface area contributed by atoms with Crippen LogP contribution in [0, 0.1) is 11.8 Å². The third kappa shape index (κ3) is 16.6. The van der Waals surface area contributed by atoms with Gasteiger partial charge in [0.2, 0.25) is 23.6 Å². The molecule has 45 heavy (non-hydrogen) atoms. The molecule has 11 heteroatoms. The van der Waals surface area contributed by atoms with Crippen molar-refractivity contribution in [1.82, 2.24) is 26.2 Å². The van der Waals surface area contributed by atoms with E-state index in [-0.39, 0.29) is 36.6 Å². The van der Waals surface area contributed by atoms with Gasteiger partial charge in [-0.1, -0.05) is 66.2 Å². The quantitative estimate of drug-likeness (QED) is 0.0995. The van der Waals surface area contributed by atoms with Crippen LogP contribution in [-0.4, -0.2) is 91.3 Å². The molecule has 3 atom stereocenters. The maximum atomic E-state index is 12.9. The van der Waals surface area contributed by atoms with E-state index in [1.807, 2.05) is 27.7 Å². The number of epoxide rings is 1. The summed E-state index contributed by atoms with van der Waals surface area (Å²) in [5, 5.41) is 10.7. The number of nitrogens with zero attached hydrogens (tertiary/aromatic N) is 1. The van der Waals surface area contributed by atoms with Gasteiger partial charge < -0.3 is 30.9 Å². The van der Waals surface area contributed by atoms with Gasteiger partial charge in [0.15, 0.2) is 5.78 Å². The van der Waals surface area contributed by atoms with E-state index in [4.69, 9.17) is 4.74 Å². The second-order valence-corrected chi connectivity index (χ2v) is 14.0. The number of ether oxygens (including phenoxy) is 1. The smallest absolute Gasteiger partial charge is 0.243 e. The maximum absolute atomic E-state index is 12.9. The van der Waals surface area contributed by atoms with Crippen LogP contribution < -0.4 is 21.3 Å². The number of amides is 4. The predicted molar refractivity (Wildman–Crippen MR) is 175 cm³/mol. The Morgan fingerprint density at radius 3 is 1.78 bits per heavy atom. The third-order valence-corrected chi connectivity index (χ3v) is 8.51. The van der Waals surface area contributed by atoms with E-state index < -0.39 is 35.4 Å². The minimum absolute atomic E-state index is 0.103. The summed E-state index contributed by atoms with van der Waals surface area (Å²) in [7, 11) is 0. The Morgan fingerprint density at radius 1 is 0.689 bits per heavy atom. The van der Waals surface area contributed by atoms with E-state index in [0.29, 0.717) is 25.9 Å². The normalized spacial score (nSPS) is 19.5. The highest BCUT2D eigenvalue weighted by Gasteiger charge is 2.50. The lowest BCUT2D eigenvalue weighted by atomic mass is 9.93. The van der Waals surface area contributed by atoms with Gasteiger partial charge in [-0.3, -0.25) is 24.0 Å². The average Bonchev–Trinajstić information content (AvgIpc) is 3.75. The molecule has 2 saturated heterocycles. The van der Waals surface area contributed by atoms with E-state index in [2.05, 4.69) is 26.2 Å². The summed E-state index contributed by atoms with van der Waals surface area (Å²) in [5.74, 6) is -1.50. The third-order valence-electron chi connectivity index (χ3n) is 8.51. The highest BCUT2D eigenvalue weighted by Crippen LogP contribution is 2.29. The summed E-state index contributed by atoms with van der Waals surface area (Å²) in [5.41, 5.74) is -0.857. The van der Waals surface area contributed by atoms with E-state index in [0.717, 1.165) is 19.3 Å². The number of nitrogens with one attached hydrogen (secondary N) is 4. The van der Waals surface area contributed by atoms with E-state index in [9.17, 15) is 24.0 Å². The summed E-state index contributed by atoms with van der Waals surface area (Å²) >= 11 is 0. The molecule has 0 aliphatic carbocycles. The van der Waals surface area contributed by atoms with Gasteiger partial charge in [-0.05, 0) is 76.9 Å². The fraction of sp³-hybridized carbons (Fsp3) is 0.853. The molecular weight excluding hydrogens is 574 g/mol. The lowest BCUT2D eigenvalue weighted by Gasteiger charge is -2.26. The van der Waals surface area contributed by atoms with Gasteiger partial charge in [0.25, 0.3) is 0 Å². The molecule has 0 radical (unpaired) electrons. The molecule has 2 heterocycles. The number of unbranched alkanes of at least 4 members (excludes halogenated alkanes) is 6. The summed E-state index contributed by atoms with van der Waals surface area (Å²) < 4.78 is 5.26. The van der Waals surface area contributed by atoms with Crippen molar-refractivity contribution in [2.75, 3.05) is 39.3 Å². The zero-order valence-electron chi connectivity index (χ0n) is 28.6. The van der Waals surface area contributed by atoms with Gasteiger partial charge >= 0.3 is 0 Å².